The third kappa shape index (κ3) is 1.13. The molecule has 0 radical (unpaired) electrons. The Morgan fingerprint density at radius 1 is 1.70 bits per heavy atom. The lowest BCUT2D eigenvalue weighted by Crippen LogP contribution is -1.74. The molecule has 0 amide bonds. The van der Waals surface area contributed by atoms with Crippen molar-refractivity contribution >= 4 is 18.7 Å². The van der Waals surface area contributed by atoms with Gasteiger partial charge in [-0.1, -0.05) is 0 Å². The number of nitrogens with zero attached hydrogens (tertiary/aromatic N) is 2. The Kier molecular flexibility index (Phi) is 1.99. The van der Waals surface area contributed by atoms with Gasteiger partial charge in [-0.3, -0.25) is 4.99 Å². The zero-order valence-corrected chi connectivity index (χ0v) is 5.83. The number of aromatic amines is 1. The second kappa shape index (κ2) is 2.96. The number of aromatic nitrogens is 1. The van der Waals surface area contributed by atoms with Crippen LogP contribution in [0.2, 0.25) is 0 Å². The minimum absolute atomic E-state index is 0.769. The standard InChI is InChI=1S/C7H9N3/c1-8-5-6-3-4-10-7(6)9-2/h3-5,10H,2H2,1H3. The van der Waals surface area contributed by atoms with Crippen LogP contribution in [0.3, 0.4) is 0 Å². The molecule has 1 rings (SSSR count). The summed E-state index contributed by atoms with van der Waals surface area (Å²) in [5.74, 6) is 0.769. The van der Waals surface area contributed by atoms with Crippen LogP contribution in [0.5, 0.6) is 0 Å². The average Bonchev–Trinajstić information content (AvgIpc) is 2.36. The van der Waals surface area contributed by atoms with Crippen molar-refractivity contribution in [1.29, 1.82) is 0 Å². The van der Waals surface area contributed by atoms with Crippen LogP contribution in [0.4, 0.5) is 5.82 Å². The van der Waals surface area contributed by atoms with Gasteiger partial charge >= 0.3 is 0 Å². The van der Waals surface area contributed by atoms with Crippen molar-refractivity contribution in [3.63, 3.8) is 0 Å². The molecule has 0 atom stereocenters. The first-order valence-corrected chi connectivity index (χ1v) is 2.94. The van der Waals surface area contributed by atoms with Crippen molar-refractivity contribution in [2.75, 3.05) is 7.05 Å². The van der Waals surface area contributed by atoms with Crippen LogP contribution in [-0.4, -0.2) is 25.0 Å². The van der Waals surface area contributed by atoms with Gasteiger partial charge in [-0.05, 0) is 12.8 Å². The van der Waals surface area contributed by atoms with Gasteiger partial charge in [-0.2, -0.15) is 0 Å². The molecule has 0 fully saturated rings. The Balaban J connectivity index is 3.00. The minimum atomic E-state index is 0.769. The Morgan fingerprint density at radius 2 is 2.50 bits per heavy atom. The molecule has 0 unspecified atom stereocenters. The van der Waals surface area contributed by atoms with E-state index >= 15 is 0 Å². The lowest BCUT2D eigenvalue weighted by molar-refractivity contribution is 1.34. The first-order valence-electron chi connectivity index (χ1n) is 2.94. The first kappa shape index (κ1) is 6.74. The summed E-state index contributed by atoms with van der Waals surface area (Å²) in [6.45, 7) is 3.40. The summed E-state index contributed by atoms with van der Waals surface area (Å²) in [6.07, 6.45) is 3.54. The molecule has 52 valence electrons. The normalized spacial score (nSPS) is 10.5. The van der Waals surface area contributed by atoms with Gasteiger partial charge in [-0.15, -0.1) is 0 Å². The summed E-state index contributed by atoms with van der Waals surface area (Å²) in [7, 11) is 1.72. The maximum Gasteiger partial charge on any atom is 0.138 e. The molecule has 0 saturated carbocycles. The van der Waals surface area contributed by atoms with E-state index in [1.807, 2.05) is 6.07 Å². The molecule has 10 heavy (non-hydrogen) atoms. The fraction of sp³-hybridized carbons (Fsp3) is 0.143. The molecular formula is C7H9N3. The van der Waals surface area contributed by atoms with Gasteiger partial charge in [0.05, 0.1) is 0 Å². The van der Waals surface area contributed by atoms with Crippen LogP contribution in [0.1, 0.15) is 5.56 Å². The summed E-state index contributed by atoms with van der Waals surface area (Å²) in [4.78, 5) is 10.5. The van der Waals surface area contributed by atoms with E-state index in [2.05, 4.69) is 21.7 Å². The number of rotatable bonds is 2. The predicted octanol–water partition coefficient (Wildman–Crippen LogP) is 1.40. The molecule has 0 aliphatic rings. The van der Waals surface area contributed by atoms with Gasteiger partial charge in [0.1, 0.15) is 5.82 Å². The highest BCUT2D eigenvalue weighted by atomic mass is 14.9. The molecule has 0 saturated heterocycles. The zero-order valence-electron chi connectivity index (χ0n) is 5.83. The van der Waals surface area contributed by atoms with Crippen molar-refractivity contribution in [2.24, 2.45) is 9.98 Å². The van der Waals surface area contributed by atoms with Gasteiger partial charge in [0.2, 0.25) is 0 Å². The molecule has 1 aromatic rings. The molecule has 0 bridgehead atoms. The van der Waals surface area contributed by atoms with Crippen molar-refractivity contribution in [1.82, 2.24) is 4.98 Å². The van der Waals surface area contributed by atoms with Crippen molar-refractivity contribution in [2.45, 2.75) is 0 Å². The van der Waals surface area contributed by atoms with Gasteiger partial charge in [0.15, 0.2) is 0 Å². The SMILES string of the molecule is C=Nc1[nH]ccc1C=NC. The van der Waals surface area contributed by atoms with Crippen molar-refractivity contribution < 1.29 is 0 Å². The molecule has 1 heterocycles. The van der Waals surface area contributed by atoms with Crippen molar-refractivity contribution in [3.8, 4) is 0 Å². The third-order valence-corrected chi connectivity index (χ3v) is 1.18. The molecule has 0 aliphatic carbocycles. The zero-order chi connectivity index (χ0) is 7.40. The Morgan fingerprint density at radius 3 is 3.10 bits per heavy atom. The predicted molar refractivity (Wildman–Crippen MR) is 43.5 cm³/mol. The highest BCUT2D eigenvalue weighted by molar-refractivity contribution is 5.85. The van der Waals surface area contributed by atoms with E-state index in [0.29, 0.717) is 0 Å². The molecule has 0 aromatic carbocycles. The van der Waals surface area contributed by atoms with E-state index in [0.717, 1.165) is 11.4 Å². The lowest BCUT2D eigenvalue weighted by Gasteiger charge is -1.86. The molecule has 1 N–H and O–H groups in total. The fourth-order valence-corrected chi connectivity index (χ4v) is 0.753. The van der Waals surface area contributed by atoms with E-state index in [-0.39, 0.29) is 0 Å². The topological polar surface area (TPSA) is 40.5 Å². The van der Waals surface area contributed by atoms with E-state index in [4.69, 9.17) is 0 Å². The smallest absolute Gasteiger partial charge is 0.138 e. The monoisotopic (exact) mass is 135 g/mol. The van der Waals surface area contributed by atoms with Crippen LogP contribution in [0.25, 0.3) is 0 Å². The lowest BCUT2D eigenvalue weighted by atomic mass is 10.3. The van der Waals surface area contributed by atoms with Gasteiger partial charge in [0, 0.05) is 25.0 Å². The van der Waals surface area contributed by atoms with E-state index < -0.39 is 0 Å². The Bertz CT molecular complexity index is 247. The largest absolute Gasteiger partial charge is 0.346 e. The van der Waals surface area contributed by atoms with Crippen LogP contribution in [0, 0.1) is 0 Å². The fourth-order valence-electron chi connectivity index (χ4n) is 0.753. The molecule has 0 spiro atoms. The van der Waals surface area contributed by atoms with Gasteiger partial charge in [-0.25, -0.2) is 4.99 Å². The van der Waals surface area contributed by atoms with E-state index in [9.17, 15) is 0 Å². The second-order valence-electron chi connectivity index (χ2n) is 1.83. The van der Waals surface area contributed by atoms with Crippen LogP contribution in [0.15, 0.2) is 22.2 Å². The maximum absolute atomic E-state index is 3.85. The first-order chi connectivity index (χ1) is 4.88. The quantitative estimate of drug-likeness (QED) is 0.595. The van der Waals surface area contributed by atoms with Crippen molar-refractivity contribution in [3.05, 3.63) is 17.8 Å². The molecular weight excluding hydrogens is 126 g/mol. The summed E-state index contributed by atoms with van der Waals surface area (Å²) in [6, 6.07) is 1.90. The minimum Gasteiger partial charge on any atom is -0.346 e. The molecule has 3 heteroatoms. The van der Waals surface area contributed by atoms with Crippen LogP contribution in [-0.2, 0) is 0 Å². The maximum atomic E-state index is 3.85. The number of nitrogens with one attached hydrogen (secondary N) is 1. The van der Waals surface area contributed by atoms with Crippen LogP contribution >= 0.6 is 0 Å². The van der Waals surface area contributed by atoms with E-state index in [1.54, 1.807) is 19.5 Å². The highest BCUT2D eigenvalue weighted by Gasteiger charge is 1.94. The number of hydrogen-bond donors (Lipinski definition) is 1. The Labute approximate surface area is 59.5 Å². The van der Waals surface area contributed by atoms with Crippen LogP contribution < -0.4 is 0 Å². The average molecular weight is 135 g/mol. The number of H-pyrrole nitrogens is 1. The summed E-state index contributed by atoms with van der Waals surface area (Å²) >= 11 is 0. The molecule has 3 nitrogen and oxygen atoms in total. The summed E-state index contributed by atoms with van der Waals surface area (Å²) in [5, 5.41) is 0. The molecule has 1 aromatic heterocycles. The highest BCUT2D eigenvalue weighted by Crippen LogP contribution is 2.12. The summed E-state index contributed by atoms with van der Waals surface area (Å²) in [5.41, 5.74) is 0.970. The van der Waals surface area contributed by atoms with Gasteiger partial charge in [0.25, 0.3) is 0 Å². The summed E-state index contributed by atoms with van der Waals surface area (Å²) < 4.78 is 0. The third-order valence-electron chi connectivity index (χ3n) is 1.18. The van der Waals surface area contributed by atoms with Gasteiger partial charge < -0.3 is 4.98 Å². The number of hydrogen-bond acceptors (Lipinski definition) is 2. The number of aliphatic imine (C=N–C) groups is 2. The second-order valence-corrected chi connectivity index (χ2v) is 1.83. The van der Waals surface area contributed by atoms with E-state index in [1.165, 1.54) is 0 Å². The molecule has 0 aliphatic heterocycles. The Hall–Kier alpha value is -1.38.